The molecule has 22 heavy (non-hydrogen) atoms. The molecule has 118 valence electrons. The lowest BCUT2D eigenvalue weighted by molar-refractivity contribution is -0.158. The van der Waals surface area contributed by atoms with Crippen molar-refractivity contribution in [3.8, 4) is 5.75 Å². The van der Waals surface area contributed by atoms with Gasteiger partial charge in [-0.3, -0.25) is 14.4 Å². The van der Waals surface area contributed by atoms with E-state index in [9.17, 15) is 14.4 Å². The maximum atomic E-state index is 12.2. The predicted molar refractivity (Wildman–Crippen MR) is 82.4 cm³/mol. The highest BCUT2D eigenvalue weighted by Gasteiger charge is 2.45. The first-order valence-corrected chi connectivity index (χ1v) is 7.83. The molecule has 1 aromatic carbocycles. The molecule has 0 aliphatic carbocycles. The minimum Gasteiger partial charge on any atom is -0.469 e. The van der Waals surface area contributed by atoms with Gasteiger partial charge in [0.2, 0.25) is 0 Å². The van der Waals surface area contributed by atoms with Crippen LogP contribution in [0.3, 0.4) is 0 Å². The zero-order valence-corrected chi connectivity index (χ0v) is 14.9. The average molecular weight is 436 g/mol. The summed E-state index contributed by atoms with van der Waals surface area (Å²) in [7, 11) is 2.42. The minimum atomic E-state index is -1.21. The predicted octanol–water partition coefficient (Wildman–Crippen LogP) is 2.57. The molecule has 1 aliphatic rings. The number of fused-ring (bicyclic) bond motifs is 1. The number of benzene rings is 1. The van der Waals surface area contributed by atoms with Gasteiger partial charge in [-0.1, -0.05) is 15.9 Å². The van der Waals surface area contributed by atoms with Gasteiger partial charge in [-0.25, -0.2) is 0 Å². The zero-order valence-electron chi connectivity index (χ0n) is 11.7. The van der Waals surface area contributed by atoms with Crippen LogP contribution in [-0.2, 0) is 23.9 Å². The van der Waals surface area contributed by atoms with Gasteiger partial charge < -0.3 is 14.2 Å². The Balaban J connectivity index is 2.56. The molecule has 2 rings (SSSR count). The molecule has 0 spiro atoms. The smallest absolute Gasteiger partial charge is 0.326 e. The maximum Gasteiger partial charge on any atom is 0.326 e. The average Bonchev–Trinajstić information content (AvgIpc) is 2.47. The maximum absolute atomic E-state index is 12.2. The molecule has 2 unspecified atom stereocenters. The fraction of sp³-hybridized carbons (Fsp3) is 0.357. The highest BCUT2D eigenvalue weighted by atomic mass is 79.9. The van der Waals surface area contributed by atoms with E-state index in [0.717, 1.165) is 4.47 Å². The molecule has 0 radical (unpaired) electrons. The first kappa shape index (κ1) is 17.0. The number of carbonyl (C=O) groups is 3. The van der Waals surface area contributed by atoms with Crippen molar-refractivity contribution in [1.29, 1.82) is 0 Å². The van der Waals surface area contributed by atoms with Gasteiger partial charge >= 0.3 is 17.9 Å². The van der Waals surface area contributed by atoms with Crippen LogP contribution in [-0.4, -0.2) is 32.1 Å². The molecule has 0 saturated carbocycles. The molecule has 0 aromatic heterocycles. The van der Waals surface area contributed by atoms with E-state index in [1.54, 1.807) is 12.1 Å². The summed E-state index contributed by atoms with van der Waals surface area (Å²) in [5.41, 5.74) is 0.557. The SMILES string of the molecule is COC(=O)CC1c2cc(Br)cc(Br)c2OC(=O)C1C(=O)OC. The van der Waals surface area contributed by atoms with E-state index in [2.05, 4.69) is 41.3 Å². The highest BCUT2D eigenvalue weighted by molar-refractivity contribution is 9.11. The summed E-state index contributed by atoms with van der Waals surface area (Å²) in [5, 5.41) is 0. The zero-order chi connectivity index (χ0) is 16.4. The third kappa shape index (κ3) is 3.17. The number of ether oxygens (including phenoxy) is 3. The largest absolute Gasteiger partial charge is 0.469 e. The summed E-state index contributed by atoms with van der Waals surface area (Å²) in [4.78, 5) is 35.8. The number of methoxy groups -OCH3 is 2. The fourth-order valence-corrected chi connectivity index (χ4v) is 3.69. The Labute approximate surface area is 143 Å². The normalized spacial score (nSPS) is 19.9. The van der Waals surface area contributed by atoms with Gasteiger partial charge in [-0.05, 0) is 28.1 Å². The molecule has 0 amide bonds. The van der Waals surface area contributed by atoms with E-state index < -0.39 is 29.7 Å². The summed E-state index contributed by atoms with van der Waals surface area (Å²) in [6.07, 6.45) is -0.138. The quantitative estimate of drug-likeness (QED) is 0.412. The van der Waals surface area contributed by atoms with Crippen LogP contribution in [0.15, 0.2) is 21.1 Å². The van der Waals surface area contributed by atoms with Gasteiger partial charge in [0.15, 0.2) is 5.92 Å². The molecule has 0 saturated heterocycles. The summed E-state index contributed by atoms with van der Waals surface area (Å²) in [6, 6.07) is 3.41. The van der Waals surface area contributed by atoms with Crippen molar-refractivity contribution in [2.75, 3.05) is 14.2 Å². The van der Waals surface area contributed by atoms with Gasteiger partial charge in [0.25, 0.3) is 0 Å². The first-order valence-electron chi connectivity index (χ1n) is 6.24. The monoisotopic (exact) mass is 434 g/mol. The van der Waals surface area contributed by atoms with Crippen LogP contribution in [0.25, 0.3) is 0 Å². The van der Waals surface area contributed by atoms with E-state index in [0.29, 0.717) is 15.8 Å². The highest BCUT2D eigenvalue weighted by Crippen LogP contribution is 2.45. The van der Waals surface area contributed by atoms with Crippen LogP contribution < -0.4 is 4.74 Å². The van der Waals surface area contributed by atoms with E-state index in [4.69, 9.17) is 4.74 Å². The van der Waals surface area contributed by atoms with Gasteiger partial charge in [0, 0.05) is 16.0 Å². The van der Waals surface area contributed by atoms with E-state index in [-0.39, 0.29) is 6.42 Å². The number of hydrogen-bond acceptors (Lipinski definition) is 6. The first-order chi connectivity index (χ1) is 10.4. The van der Waals surface area contributed by atoms with Crippen molar-refractivity contribution >= 4 is 49.8 Å². The van der Waals surface area contributed by atoms with E-state index in [1.165, 1.54) is 14.2 Å². The molecular formula is C14H12Br2O6. The van der Waals surface area contributed by atoms with Crippen molar-refractivity contribution in [2.45, 2.75) is 12.3 Å². The number of esters is 3. The fourth-order valence-electron chi connectivity index (χ4n) is 2.35. The lowest BCUT2D eigenvalue weighted by atomic mass is 9.81. The molecule has 2 atom stereocenters. The second-order valence-corrected chi connectivity index (χ2v) is 6.38. The Hall–Kier alpha value is -1.41. The molecular weight excluding hydrogens is 424 g/mol. The number of rotatable bonds is 3. The number of halogens is 2. The summed E-state index contributed by atoms with van der Waals surface area (Å²) in [5.74, 6) is -3.67. The second-order valence-electron chi connectivity index (χ2n) is 4.61. The van der Waals surface area contributed by atoms with E-state index >= 15 is 0 Å². The van der Waals surface area contributed by atoms with Crippen LogP contribution in [0.4, 0.5) is 0 Å². The number of hydrogen-bond donors (Lipinski definition) is 0. The van der Waals surface area contributed by atoms with Crippen molar-refractivity contribution in [1.82, 2.24) is 0 Å². The van der Waals surface area contributed by atoms with Crippen LogP contribution in [0, 0.1) is 5.92 Å². The Bertz CT molecular complexity index is 642. The Kier molecular flexibility index (Phi) is 5.23. The van der Waals surface area contributed by atoms with Crippen molar-refractivity contribution < 1.29 is 28.6 Å². The molecule has 0 fully saturated rings. The Morgan fingerprint density at radius 1 is 1.23 bits per heavy atom. The van der Waals surface area contributed by atoms with Crippen molar-refractivity contribution in [3.63, 3.8) is 0 Å². The Morgan fingerprint density at radius 3 is 2.50 bits per heavy atom. The Morgan fingerprint density at radius 2 is 1.91 bits per heavy atom. The molecule has 0 bridgehead atoms. The molecule has 1 aliphatic heterocycles. The van der Waals surface area contributed by atoms with E-state index in [1.807, 2.05) is 0 Å². The molecule has 8 heteroatoms. The molecule has 1 aromatic rings. The lowest BCUT2D eigenvalue weighted by Crippen LogP contribution is -2.39. The third-order valence-electron chi connectivity index (χ3n) is 3.36. The summed E-state index contributed by atoms with van der Waals surface area (Å²) >= 11 is 6.64. The van der Waals surface area contributed by atoms with Crippen LogP contribution in [0.2, 0.25) is 0 Å². The second kappa shape index (κ2) is 6.78. The van der Waals surface area contributed by atoms with Gasteiger partial charge in [-0.2, -0.15) is 0 Å². The van der Waals surface area contributed by atoms with Gasteiger partial charge in [0.05, 0.1) is 25.1 Å². The topological polar surface area (TPSA) is 78.9 Å². The van der Waals surface area contributed by atoms with Gasteiger partial charge in [0.1, 0.15) is 5.75 Å². The van der Waals surface area contributed by atoms with Crippen LogP contribution in [0.5, 0.6) is 5.75 Å². The number of carbonyl (C=O) groups excluding carboxylic acids is 3. The van der Waals surface area contributed by atoms with Crippen LogP contribution in [0.1, 0.15) is 17.9 Å². The van der Waals surface area contributed by atoms with Crippen molar-refractivity contribution in [2.24, 2.45) is 5.92 Å². The molecule has 6 nitrogen and oxygen atoms in total. The molecule has 1 heterocycles. The summed E-state index contributed by atoms with van der Waals surface area (Å²) in [6.45, 7) is 0. The van der Waals surface area contributed by atoms with Crippen molar-refractivity contribution in [3.05, 3.63) is 26.6 Å². The molecule has 0 N–H and O–H groups in total. The minimum absolute atomic E-state index is 0.138. The standard InChI is InChI=1S/C14H12Br2O6/c1-20-10(17)5-7-8-3-6(15)4-9(16)12(8)22-14(19)11(7)13(18)21-2/h3-4,7,11H,5H2,1-2H3. The van der Waals surface area contributed by atoms with Gasteiger partial charge in [-0.15, -0.1) is 0 Å². The summed E-state index contributed by atoms with van der Waals surface area (Å²) < 4.78 is 15.8. The third-order valence-corrected chi connectivity index (χ3v) is 4.41. The lowest BCUT2D eigenvalue weighted by Gasteiger charge is -2.30. The van der Waals surface area contributed by atoms with Crippen LogP contribution >= 0.6 is 31.9 Å².